The lowest BCUT2D eigenvalue weighted by atomic mass is 10.1. The molecule has 0 aliphatic rings. The molecule has 0 aromatic heterocycles. The van der Waals surface area contributed by atoms with Crippen molar-refractivity contribution < 1.29 is 17.9 Å². The number of rotatable bonds is 8. The lowest BCUT2D eigenvalue weighted by molar-refractivity contribution is 0.104. The first kappa shape index (κ1) is 18.9. The fraction of sp³-hybridized carbons (Fsp3) is 0.211. The van der Waals surface area contributed by atoms with E-state index in [0.717, 1.165) is 17.7 Å². The summed E-state index contributed by atoms with van der Waals surface area (Å²) in [5.41, 5.74) is 1.31. The first-order chi connectivity index (χ1) is 12.0. The molecule has 0 radical (unpaired) electrons. The van der Waals surface area contributed by atoms with Crippen molar-refractivity contribution in [1.82, 2.24) is 4.72 Å². The first-order valence-corrected chi connectivity index (χ1v) is 9.43. The Morgan fingerprint density at radius 3 is 2.28 bits per heavy atom. The molecule has 0 saturated carbocycles. The van der Waals surface area contributed by atoms with Crippen LogP contribution in [0.15, 0.2) is 59.5 Å². The van der Waals surface area contributed by atoms with Gasteiger partial charge in [-0.2, -0.15) is 0 Å². The van der Waals surface area contributed by atoms with Crippen molar-refractivity contribution in [3.63, 3.8) is 0 Å². The van der Waals surface area contributed by atoms with E-state index in [4.69, 9.17) is 4.74 Å². The summed E-state index contributed by atoms with van der Waals surface area (Å²) in [5.74, 6) is 0.603. The Balaban J connectivity index is 2.05. The fourth-order valence-corrected chi connectivity index (χ4v) is 2.81. The number of allylic oxidation sites excluding steroid dienone is 1. The zero-order valence-electron chi connectivity index (χ0n) is 14.2. The smallest absolute Gasteiger partial charge is 0.240 e. The van der Waals surface area contributed by atoms with Crippen LogP contribution in [0, 0.1) is 0 Å². The zero-order valence-corrected chi connectivity index (χ0v) is 15.0. The van der Waals surface area contributed by atoms with Gasteiger partial charge in [-0.3, -0.25) is 4.79 Å². The van der Waals surface area contributed by atoms with E-state index in [2.05, 4.69) is 4.72 Å². The average Bonchev–Trinajstić information content (AvgIpc) is 2.65. The van der Waals surface area contributed by atoms with Crippen molar-refractivity contribution in [3.05, 3.63) is 65.7 Å². The van der Waals surface area contributed by atoms with Crippen molar-refractivity contribution in [2.45, 2.75) is 18.2 Å². The topological polar surface area (TPSA) is 72.5 Å². The Morgan fingerprint density at radius 2 is 1.72 bits per heavy atom. The van der Waals surface area contributed by atoms with Crippen molar-refractivity contribution >= 4 is 21.9 Å². The Morgan fingerprint density at radius 1 is 1.08 bits per heavy atom. The highest BCUT2D eigenvalue weighted by molar-refractivity contribution is 7.89. The molecule has 2 aromatic carbocycles. The Bertz CT molecular complexity index is 838. The van der Waals surface area contributed by atoms with Gasteiger partial charge in [0.2, 0.25) is 10.0 Å². The van der Waals surface area contributed by atoms with Gasteiger partial charge in [0.05, 0.1) is 11.5 Å². The van der Waals surface area contributed by atoms with Crippen LogP contribution in [0.2, 0.25) is 0 Å². The number of ketones is 1. The van der Waals surface area contributed by atoms with E-state index in [1.54, 1.807) is 6.08 Å². The molecule has 0 saturated heterocycles. The lowest BCUT2D eigenvalue weighted by Gasteiger charge is -2.04. The summed E-state index contributed by atoms with van der Waals surface area (Å²) in [6, 6.07) is 13.3. The summed E-state index contributed by atoms with van der Waals surface area (Å²) in [4.78, 5) is 12.3. The van der Waals surface area contributed by atoms with Gasteiger partial charge in [0.1, 0.15) is 5.75 Å². The second-order valence-electron chi connectivity index (χ2n) is 5.35. The minimum atomic E-state index is -3.50. The van der Waals surface area contributed by atoms with Crippen LogP contribution in [0.4, 0.5) is 0 Å². The van der Waals surface area contributed by atoms with Crippen LogP contribution >= 0.6 is 0 Å². The fourth-order valence-electron chi connectivity index (χ4n) is 2.08. The summed E-state index contributed by atoms with van der Waals surface area (Å²) in [6.07, 6.45) is 4.12. The van der Waals surface area contributed by atoms with Gasteiger partial charge in [-0.05, 0) is 61.5 Å². The Labute approximate surface area is 148 Å². The number of nitrogens with one attached hydrogen (secondary N) is 1. The van der Waals surface area contributed by atoms with Gasteiger partial charge in [0.25, 0.3) is 0 Å². The number of benzene rings is 2. The van der Waals surface area contributed by atoms with Gasteiger partial charge in [-0.1, -0.05) is 25.1 Å². The van der Waals surface area contributed by atoms with Crippen molar-refractivity contribution in [1.29, 1.82) is 0 Å². The van der Waals surface area contributed by atoms with E-state index in [1.165, 1.54) is 37.4 Å². The third kappa shape index (κ3) is 5.27. The van der Waals surface area contributed by atoms with Crippen LogP contribution in [0.25, 0.3) is 6.08 Å². The predicted octanol–water partition coefficient (Wildman–Crippen LogP) is 3.28. The quantitative estimate of drug-likeness (QED) is 0.580. The van der Waals surface area contributed by atoms with E-state index in [9.17, 15) is 13.2 Å². The summed E-state index contributed by atoms with van der Waals surface area (Å²) in [5, 5.41) is 0. The monoisotopic (exact) mass is 359 g/mol. The maximum absolute atomic E-state index is 12.2. The van der Waals surface area contributed by atoms with Crippen molar-refractivity contribution in [2.24, 2.45) is 0 Å². The number of sulfonamides is 1. The minimum Gasteiger partial charge on any atom is -0.494 e. The van der Waals surface area contributed by atoms with Crippen LogP contribution in [0.1, 0.15) is 29.3 Å². The minimum absolute atomic E-state index is 0.123. The van der Waals surface area contributed by atoms with E-state index < -0.39 is 10.0 Å². The summed E-state index contributed by atoms with van der Waals surface area (Å²) >= 11 is 0. The highest BCUT2D eigenvalue weighted by atomic mass is 32.2. The lowest BCUT2D eigenvalue weighted by Crippen LogP contribution is -2.18. The normalized spacial score (nSPS) is 11.6. The average molecular weight is 359 g/mol. The summed E-state index contributed by atoms with van der Waals surface area (Å²) < 4.78 is 31.1. The number of carbonyl (C=O) groups excluding carboxylic acids is 1. The molecular formula is C19H21NO4S. The maximum Gasteiger partial charge on any atom is 0.240 e. The molecule has 0 aliphatic heterocycles. The second kappa shape index (κ2) is 8.60. The molecule has 0 amide bonds. The molecule has 132 valence electrons. The SMILES string of the molecule is CCCOc1ccc(/C=C/C(=O)c2ccc(S(=O)(=O)NC)cc2)cc1. The van der Waals surface area contributed by atoms with Gasteiger partial charge < -0.3 is 4.74 Å². The van der Waals surface area contributed by atoms with Gasteiger partial charge in [-0.25, -0.2) is 13.1 Å². The molecule has 2 aromatic rings. The van der Waals surface area contributed by atoms with Crippen LogP contribution in [-0.2, 0) is 10.0 Å². The van der Waals surface area contributed by atoms with Crippen molar-refractivity contribution in [3.8, 4) is 5.75 Å². The van der Waals surface area contributed by atoms with Gasteiger partial charge in [-0.15, -0.1) is 0 Å². The number of carbonyl (C=O) groups is 1. The molecule has 25 heavy (non-hydrogen) atoms. The number of hydrogen-bond donors (Lipinski definition) is 1. The molecule has 0 unspecified atom stereocenters. The highest BCUT2D eigenvalue weighted by Gasteiger charge is 2.11. The van der Waals surface area contributed by atoms with E-state index in [1.807, 2.05) is 31.2 Å². The molecule has 0 bridgehead atoms. The predicted molar refractivity (Wildman–Crippen MR) is 98.3 cm³/mol. The summed E-state index contributed by atoms with van der Waals surface area (Å²) in [7, 11) is -2.16. The van der Waals surface area contributed by atoms with Gasteiger partial charge in [0, 0.05) is 5.56 Å². The molecule has 2 rings (SSSR count). The highest BCUT2D eigenvalue weighted by Crippen LogP contribution is 2.15. The van der Waals surface area contributed by atoms with E-state index >= 15 is 0 Å². The maximum atomic E-state index is 12.2. The molecule has 5 nitrogen and oxygen atoms in total. The zero-order chi connectivity index (χ0) is 18.3. The Hall–Kier alpha value is -2.44. The largest absolute Gasteiger partial charge is 0.494 e. The molecule has 6 heteroatoms. The molecule has 0 atom stereocenters. The molecule has 0 heterocycles. The van der Waals surface area contributed by atoms with E-state index in [-0.39, 0.29) is 10.7 Å². The van der Waals surface area contributed by atoms with Crippen LogP contribution < -0.4 is 9.46 Å². The van der Waals surface area contributed by atoms with Gasteiger partial charge in [0.15, 0.2) is 5.78 Å². The Kier molecular flexibility index (Phi) is 6.50. The first-order valence-electron chi connectivity index (χ1n) is 7.95. The van der Waals surface area contributed by atoms with Crippen LogP contribution in [0.5, 0.6) is 5.75 Å². The third-order valence-electron chi connectivity index (χ3n) is 3.50. The van der Waals surface area contributed by atoms with Crippen LogP contribution in [-0.4, -0.2) is 27.9 Å². The molecular weight excluding hydrogens is 338 g/mol. The molecule has 0 aliphatic carbocycles. The molecule has 0 fully saturated rings. The molecule has 0 spiro atoms. The van der Waals surface area contributed by atoms with Gasteiger partial charge >= 0.3 is 0 Å². The second-order valence-corrected chi connectivity index (χ2v) is 7.23. The summed E-state index contributed by atoms with van der Waals surface area (Å²) in [6.45, 7) is 2.72. The van der Waals surface area contributed by atoms with Crippen molar-refractivity contribution in [2.75, 3.05) is 13.7 Å². The van der Waals surface area contributed by atoms with E-state index in [0.29, 0.717) is 12.2 Å². The number of hydrogen-bond acceptors (Lipinski definition) is 4. The number of ether oxygens (including phenoxy) is 1. The molecule has 1 N–H and O–H groups in total. The van der Waals surface area contributed by atoms with Crippen LogP contribution in [0.3, 0.4) is 0 Å². The third-order valence-corrected chi connectivity index (χ3v) is 4.93. The standard InChI is InChI=1S/C19H21NO4S/c1-3-14-24-17-9-4-15(5-10-17)6-13-19(21)16-7-11-18(12-8-16)25(22,23)20-2/h4-13,20H,3,14H2,1-2H3/b13-6+.